The van der Waals surface area contributed by atoms with Crippen molar-refractivity contribution in [2.75, 3.05) is 7.11 Å². The molecule has 0 saturated carbocycles. The number of aromatic nitrogens is 1. The van der Waals surface area contributed by atoms with E-state index in [9.17, 15) is 22.8 Å². The summed E-state index contributed by atoms with van der Waals surface area (Å²) in [5, 5.41) is 0. The molecule has 0 aliphatic rings. The fourth-order valence-electron chi connectivity index (χ4n) is 1.12. The molecule has 1 aromatic heterocycles. The van der Waals surface area contributed by atoms with Crippen LogP contribution in [0.3, 0.4) is 0 Å². The van der Waals surface area contributed by atoms with Gasteiger partial charge in [-0.25, -0.2) is 13.2 Å². The maximum atomic E-state index is 13.3. The Bertz CT molecular complexity index is 456. The van der Waals surface area contributed by atoms with Gasteiger partial charge >= 0.3 is 5.97 Å². The number of ether oxygens (including phenoxy) is 1. The molecule has 1 heterocycles. The molecule has 0 spiro atoms. The summed E-state index contributed by atoms with van der Waals surface area (Å²) in [6, 6.07) is 0.459. The average molecular weight is 235 g/mol. The molecular formula is C9H8F3NO3. The Labute approximate surface area is 88.0 Å². The predicted octanol–water partition coefficient (Wildman–Crippen LogP) is 1.17. The zero-order valence-corrected chi connectivity index (χ0v) is 8.22. The molecule has 7 heteroatoms. The molecule has 0 fully saturated rings. The Morgan fingerprint density at radius 2 is 2.19 bits per heavy atom. The predicted molar refractivity (Wildman–Crippen MR) is 47.7 cm³/mol. The third-order valence-electron chi connectivity index (χ3n) is 1.86. The van der Waals surface area contributed by atoms with Crippen LogP contribution in [-0.2, 0) is 16.0 Å². The second-order valence-corrected chi connectivity index (χ2v) is 2.94. The number of carbonyl (C=O) groups excluding carboxylic acids is 1. The molecule has 1 rings (SSSR count). The van der Waals surface area contributed by atoms with Gasteiger partial charge in [0.2, 0.25) is 5.56 Å². The van der Waals surface area contributed by atoms with Crippen molar-refractivity contribution in [3.8, 4) is 0 Å². The minimum absolute atomic E-state index is 0.459. The van der Waals surface area contributed by atoms with Gasteiger partial charge in [-0.3, -0.25) is 9.59 Å². The number of pyridine rings is 1. The smallest absolute Gasteiger partial charge is 0.311 e. The van der Waals surface area contributed by atoms with E-state index in [0.717, 1.165) is 7.11 Å². The van der Waals surface area contributed by atoms with Crippen molar-refractivity contribution in [3.05, 3.63) is 33.5 Å². The first kappa shape index (κ1) is 12.3. The number of hydrogen-bond donors (Lipinski definition) is 1. The number of rotatable bonds is 3. The van der Waals surface area contributed by atoms with Crippen molar-refractivity contribution >= 4 is 5.97 Å². The number of esters is 1. The van der Waals surface area contributed by atoms with Crippen molar-refractivity contribution in [3.63, 3.8) is 0 Å². The van der Waals surface area contributed by atoms with Crippen molar-refractivity contribution < 1.29 is 22.7 Å². The third-order valence-corrected chi connectivity index (χ3v) is 1.86. The molecule has 0 aromatic carbocycles. The number of methoxy groups -OCH3 is 1. The molecule has 0 saturated heterocycles. The second kappa shape index (κ2) is 4.82. The molecular weight excluding hydrogens is 227 g/mol. The molecule has 0 aliphatic heterocycles. The number of carbonyl (C=O) groups is 1. The van der Waals surface area contributed by atoms with Crippen LogP contribution in [0.5, 0.6) is 0 Å². The lowest BCUT2D eigenvalue weighted by molar-refractivity contribution is -0.139. The lowest BCUT2D eigenvalue weighted by Gasteiger charge is -2.06. The zero-order chi connectivity index (χ0) is 12.3. The summed E-state index contributed by atoms with van der Waals surface area (Å²) in [6.45, 7) is 0. The zero-order valence-electron chi connectivity index (χ0n) is 8.22. The topological polar surface area (TPSA) is 59.2 Å². The van der Waals surface area contributed by atoms with Crippen LogP contribution in [0.15, 0.2) is 10.9 Å². The molecule has 1 aromatic rings. The minimum atomic E-state index is -3.11. The van der Waals surface area contributed by atoms with E-state index in [2.05, 4.69) is 4.74 Å². The van der Waals surface area contributed by atoms with Crippen LogP contribution >= 0.6 is 0 Å². The standard InChI is InChI=1S/C9H8F3NO3/c1-16-7(15)3-5-8(10)4(9(11)12)2-6(14)13-5/h2,9H,3H2,1H3,(H,13,14). The Hall–Kier alpha value is -1.79. The van der Waals surface area contributed by atoms with Gasteiger partial charge in [0.1, 0.15) is 0 Å². The van der Waals surface area contributed by atoms with Gasteiger partial charge in [-0.1, -0.05) is 0 Å². The largest absolute Gasteiger partial charge is 0.469 e. The molecule has 88 valence electrons. The lowest BCUT2D eigenvalue weighted by Crippen LogP contribution is -2.17. The number of alkyl halides is 2. The lowest BCUT2D eigenvalue weighted by atomic mass is 10.2. The molecule has 1 N–H and O–H groups in total. The van der Waals surface area contributed by atoms with E-state index in [-0.39, 0.29) is 0 Å². The minimum Gasteiger partial charge on any atom is -0.469 e. The highest BCUT2D eigenvalue weighted by molar-refractivity contribution is 5.71. The van der Waals surface area contributed by atoms with E-state index in [1.165, 1.54) is 0 Å². The van der Waals surface area contributed by atoms with E-state index < -0.39 is 41.4 Å². The van der Waals surface area contributed by atoms with Crippen LogP contribution in [0.2, 0.25) is 0 Å². The first-order valence-corrected chi connectivity index (χ1v) is 4.22. The van der Waals surface area contributed by atoms with Crippen LogP contribution in [0.4, 0.5) is 13.2 Å². The van der Waals surface area contributed by atoms with Gasteiger partial charge < -0.3 is 9.72 Å². The second-order valence-electron chi connectivity index (χ2n) is 2.94. The molecule has 0 unspecified atom stereocenters. The normalized spacial score (nSPS) is 10.6. The van der Waals surface area contributed by atoms with Gasteiger partial charge in [0.15, 0.2) is 5.82 Å². The number of aromatic amines is 1. The summed E-state index contributed by atoms with van der Waals surface area (Å²) in [5.41, 5.74) is -2.42. The van der Waals surface area contributed by atoms with Crippen molar-refractivity contribution in [2.24, 2.45) is 0 Å². The van der Waals surface area contributed by atoms with E-state index in [0.29, 0.717) is 6.07 Å². The van der Waals surface area contributed by atoms with Gasteiger partial charge in [-0.15, -0.1) is 0 Å². The van der Waals surface area contributed by atoms with E-state index >= 15 is 0 Å². The number of halogens is 3. The fourth-order valence-corrected chi connectivity index (χ4v) is 1.12. The average Bonchev–Trinajstić information content (AvgIpc) is 2.22. The Morgan fingerprint density at radius 1 is 1.56 bits per heavy atom. The molecule has 0 aliphatic carbocycles. The summed E-state index contributed by atoms with van der Waals surface area (Å²) in [4.78, 5) is 23.7. The van der Waals surface area contributed by atoms with Gasteiger partial charge in [0.05, 0.1) is 24.8 Å². The molecule has 0 atom stereocenters. The first-order chi connectivity index (χ1) is 7.45. The monoisotopic (exact) mass is 235 g/mol. The molecule has 4 nitrogen and oxygen atoms in total. The number of H-pyrrole nitrogens is 1. The first-order valence-electron chi connectivity index (χ1n) is 4.22. The van der Waals surface area contributed by atoms with Gasteiger partial charge in [-0.05, 0) is 0 Å². The van der Waals surface area contributed by atoms with Crippen LogP contribution in [-0.4, -0.2) is 18.1 Å². The molecule has 16 heavy (non-hydrogen) atoms. The van der Waals surface area contributed by atoms with Crippen molar-refractivity contribution in [1.82, 2.24) is 4.98 Å². The fraction of sp³-hybridized carbons (Fsp3) is 0.333. The highest BCUT2D eigenvalue weighted by Crippen LogP contribution is 2.21. The highest BCUT2D eigenvalue weighted by Gasteiger charge is 2.19. The van der Waals surface area contributed by atoms with Gasteiger partial charge in [0, 0.05) is 6.07 Å². The Kier molecular flexibility index (Phi) is 3.70. The molecule has 0 bridgehead atoms. The van der Waals surface area contributed by atoms with Crippen molar-refractivity contribution in [2.45, 2.75) is 12.8 Å². The van der Waals surface area contributed by atoms with Crippen LogP contribution in [0.1, 0.15) is 17.7 Å². The van der Waals surface area contributed by atoms with E-state index in [1.807, 2.05) is 4.98 Å². The highest BCUT2D eigenvalue weighted by atomic mass is 19.3. The number of hydrogen-bond acceptors (Lipinski definition) is 3. The number of nitrogens with one attached hydrogen (secondary N) is 1. The van der Waals surface area contributed by atoms with Crippen LogP contribution < -0.4 is 5.56 Å². The molecule has 0 amide bonds. The van der Waals surface area contributed by atoms with Crippen molar-refractivity contribution in [1.29, 1.82) is 0 Å². The third kappa shape index (κ3) is 2.62. The summed E-state index contributed by atoms with van der Waals surface area (Å²) >= 11 is 0. The summed E-state index contributed by atoms with van der Waals surface area (Å²) in [5.74, 6) is -2.12. The maximum Gasteiger partial charge on any atom is 0.311 e. The van der Waals surface area contributed by atoms with Crippen LogP contribution in [0.25, 0.3) is 0 Å². The van der Waals surface area contributed by atoms with E-state index in [4.69, 9.17) is 0 Å². The van der Waals surface area contributed by atoms with Crippen LogP contribution in [0, 0.1) is 5.82 Å². The Balaban J connectivity index is 3.19. The van der Waals surface area contributed by atoms with Gasteiger partial charge in [0.25, 0.3) is 6.43 Å². The Morgan fingerprint density at radius 3 is 2.69 bits per heavy atom. The van der Waals surface area contributed by atoms with E-state index in [1.54, 1.807) is 0 Å². The quantitative estimate of drug-likeness (QED) is 0.800. The summed E-state index contributed by atoms with van der Waals surface area (Å²) < 4.78 is 42.2. The maximum absolute atomic E-state index is 13.3. The SMILES string of the molecule is COC(=O)Cc1[nH]c(=O)cc(C(F)F)c1F. The molecule has 0 radical (unpaired) electrons. The van der Waals surface area contributed by atoms with Gasteiger partial charge in [-0.2, -0.15) is 0 Å². The summed E-state index contributed by atoms with van der Waals surface area (Å²) in [6.07, 6.45) is -3.71. The summed E-state index contributed by atoms with van der Waals surface area (Å²) in [7, 11) is 1.06.